The van der Waals surface area contributed by atoms with Crippen molar-refractivity contribution in [1.82, 2.24) is 10.6 Å². The topological polar surface area (TPSA) is 36.4 Å². The van der Waals surface area contributed by atoms with Crippen LogP contribution in [0.4, 0.5) is 0 Å². The molecule has 1 aromatic rings. The quantitative estimate of drug-likeness (QED) is 0.212. The van der Waals surface area contributed by atoms with E-state index in [1.54, 1.807) is 0 Å². The van der Waals surface area contributed by atoms with Gasteiger partial charge in [0.2, 0.25) is 0 Å². The maximum atomic E-state index is 4.56. The van der Waals surface area contributed by atoms with Crippen molar-refractivity contribution < 1.29 is 0 Å². The highest BCUT2D eigenvalue weighted by atomic mass is 127. The molecule has 0 bridgehead atoms. The number of nitrogens with zero attached hydrogens (tertiary/aromatic N) is 1. The van der Waals surface area contributed by atoms with E-state index >= 15 is 0 Å². The average molecular weight is 419 g/mol. The van der Waals surface area contributed by atoms with Crippen LogP contribution in [0.5, 0.6) is 0 Å². The predicted octanol–water partition coefficient (Wildman–Crippen LogP) is 3.32. The molecule has 0 aliphatic heterocycles. The van der Waals surface area contributed by atoms with E-state index in [0.717, 1.165) is 43.5 Å². The fraction of sp³-hybridized carbons (Fsp3) is 0.438. The number of halogens is 1. The second-order valence-electron chi connectivity index (χ2n) is 4.29. The van der Waals surface area contributed by atoms with Gasteiger partial charge in [-0.15, -0.1) is 30.6 Å². The maximum absolute atomic E-state index is 4.56. The number of hydrogen-bond donors (Lipinski definition) is 2. The Morgan fingerprint density at radius 1 is 1.29 bits per heavy atom. The van der Waals surface area contributed by atoms with Crippen LogP contribution in [0, 0.1) is 0 Å². The van der Waals surface area contributed by atoms with Crippen molar-refractivity contribution in [3.8, 4) is 0 Å². The number of nitrogens with one attached hydrogen (secondary N) is 2. The minimum absolute atomic E-state index is 0. The number of benzene rings is 1. The molecule has 0 unspecified atom stereocenters. The van der Waals surface area contributed by atoms with Gasteiger partial charge in [0.25, 0.3) is 0 Å². The minimum Gasteiger partial charge on any atom is -0.357 e. The Morgan fingerprint density at radius 2 is 2.05 bits per heavy atom. The van der Waals surface area contributed by atoms with Crippen LogP contribution in [0.15, 0.2) is 48.0 Å². The third-order valence-electron chi connectivity index (χ3n) is 2.63. The van der Waals surface area contributed by atoms with Crippen LogP contribution in [0.2, 0.25) is 0 Å². The molecule has 2 N–H and O–H groups in total. The fourth-order valence-corrected chi connectivity index (χ4v) is 2.25. The lowest BCUT2D eigenvalue weighted by molar-refractivity contribution is 0.804. The minimum atomic E-state index is 0. The van der Waals surface area contributed by atoms with Gasteiger partial charge in [0, 0.05) is 24.6 Å². The molecule has 0 spiro atoms. The van der Waals surface area contributed by atoms with Crippen LogP contribution < -0.4 is 10.6 Å². The summed E-state index contributed by atoms with van der Waals surface area (Å²) in [5, 5.41) is 6.64. The van der Waals surface area contributed by atoms with Gasteiger partial charge in [0.1, 0.15) is 0 Å². The van der Waals surface area contributed by atoms with Gasteiger partial charge in [-0.3, -0.25) is 4.99 Å². The van der Waals surface area contributed by atoms with Gasteiger partial charge in [-0.2, -0.15) is 11.8 Å². The Balaban J connectivity index is 0.00000400. The van der Waals surface area contributed by atoms with Crippen LogP contribution in [-0.2, 0) is 6.42 Å². The summed E-state index contributed by atoms with van der Waals surface area (Å²) < 4.78 is 0. The Kier molecular flexibility index (Phi) is 13.8. The number of guanidine groups is 1. The van der Waals surface area contributed by atoms with Crippen molar-refractivity contribution in [1.29, 1.82) is 0 Å². The largest absolute Gasteiger partial charge is 0.357 e. The van der Waals surface area contributed by atoms with Crippen LogP contribution in [0.1, 0.15) is 12.5 Å². The first-order valence-corrected chi connectivity index (χ1v) is 8.27. The smallest absolute Gasteiger partial charge is 0.191 e. The molecule has 3 nitrogen and oxygen atoms in total. The number of thioether (sulfide) groups is 1. The Bertz CT molecular complexity index is 396. The molecule has 0 saturated heterocycles. The molecule has 1 rings (SSSR count). The van der Waals surface area contributed by atoms with Crippen LogP contribution in [0.3, 0.4) is 0 Å². The Hall–Kier alpha value is -0.690. The number of rotatable bonds is 9. The highest BCUT2D eigenvalue weighted by Crippen LogP contribution is 1.99. The first kappa shape index (κ1) is 20.3. The van der Waals surface area contributed by atoms with E-state index in [2.05, 4.69) is 53.4 Å². The first-order valence-electron chi connectivity index (χ1n) is 7.11. The second kappa shape index (κ2) is 14.3. The normalized spacial score (nSPS) is 10.6. The molecular formula is C16H26IN3S. The molecule has 0 aliphatic carbocycles. The Morgan fingerprint density at radius 3 is 2.71 bits per heavy atom. The number of hydrogen-bond acceptors (Lipinski definition) is 2. The first-order chi connectivity index (χ1) is 9.86. The number of aliphatic imine (C=N–C) groups is 1. The summed E-state index contributed by atoms with van der Waals surface area (Å²) in [6, 6.07) is 10.5. The zero-order valence-electron chi connectivity index (χ0n) is 12.7. The lowest BCUT2D eigenvalue weighted by atomic mass is 10.1. The summed E-state index contributed by atoms with van der Waals surface area (Å²) in [4.78, 5) is 4.56. The molecule has 0 atom stereocenters. The summed E-state index contributed by atoms with van der Waals surface area (Å²) in [6.45, 7) is 8.41. The summed E-state index contributed by atoms with van der Waals surface area (Å²) >= 11 is 1.85. The molecule has 0 aliphatic rings. The molecule has 21 heavy (non-hydrogen) atoms. The van der Waals surface area contributed by atoms with Crippen molar-refractivity contribution >= 4 is 41.7 Å². The van der Waals surface area contributed by atoms with Crippen molar-refractivity contribution in [2.75, 3.05) is 31.1 Å². The zero-order valence-corrected chi connectivity index (χ0v) is 15.8. The monoisotopic (exact) mass is 419 g/mol. The van der Waals surface area contributed by atoms with E-state index in [1.807, 2.05) is 23.9 Å². The third-order valence-corrected chi connectivity index (χ3v) is 3.58. The van der Waals surface area contributed by atoms with Crippen LogP contribution in [0.25, 0.3) is 0 Å². The van der Waals surface area contributed by atoms with Crippen LogP contribution >= 0.6 is 35.7 Å². The van der Waals surface area contributed by atoms with Crippen molar-refractivity contribution in [2.45, 2.75) is 13.3 Å². The molecular weight excluding hydrogens is 393 g/mol. The van der Waals surface area contributed by atoms with E-state index < -0.39 is 0 Å². The molecule has 5 heteroatoms. The van der Waals surface area contributed by atoms with Gasteiger partial charge in [-0.25, -0.2) is 0 Å². The van der Waals surface area contributed by atoms with E-state index in [-0.39, 0.29) is 24.0 Å². The molecule has 0 radical (unpaired) electrons. The molecule has 0 fully saturated rings. The molecule has 118 valence electrons. The van der Waals surface area contributed by atoms with E-state index in [9.17, 15) is 0 Å². The van der Waals surface area contributed by atoms with Gasteiger partial charge < -0.3 is 10.6 Å². The van der Waals surface area contributed by atoms with Gasteiger partial charge in [-0.05, 0) is 18.9 Å². The van der Waals surface area contributed by atoms with Gasteiger partial charge >= 0.3 is 0 Å². The molecule has 0 heterocycles. The SMILES string of the molecule is C=CCSCCN=C(NCC)NCCc1ccccc1.I. The van der Waals surface area contributed by atoms with Gasteiger partial charge in [0.15, 0.2) is 5.96 Å². The highest BCUT2D eigenvalue weighted by Gasteiger charge is 1.97. The summed E-state index contributed by atoms with van der Waals surface area (Å²) in [5.41, 5.74) is 1.34. The lowest BCUT2D eigenvalue weighted by Crippen LogP contribution is -2.38. The second-order valence-corrected chi connectivity index (χ2v) is 5.44. The molecule has 1 aromatic carbocycles. The summed E-state index contributed by atoms with van der Waals surface area (Å²) in [6.07, 6.45) is 2.94. The molecule has 0 saturated carbocycles. The highest BCUT2D eigenvalue weighted by molar-refractivity contribution is 14.0. The fourth-order valence-electron chi connectivity index (χ4n) is 1.70. The zero-order chi connectivity index (χ0) is 14.5. The predicted molar refractivity (Wildman–Crippen MR) is 107 cm³/mol. The van der Waals surface area contributed by atoms with E-state index in [4.69, 9.17) is 0 Å². The van der Waals surface area contributed by atoms with Crippen molar-refractivity contribution in [3.63, 3.8) is 0 Å². The molecule has 0 amide bonds. The Labute approximate surface area is 150 Å². The lowest BCUT2D eigenvalue weighted by Gasteiger charge is -2.11. The maximum Gasteiger partial charge on any atom is 0.191 e. The van der Waals surface area contributed by atoms with E-state index in [0.29, 0.717) is 0 Å². The molecule has 0 aromatic heterocycles. The van der Waals surface area contributed by atoms with Crippen molar-refractivity contribution in [2.24, 2.45) is 4.99 Å². The summed E-state index contributed by atoms with van der Waals surface area (Å²) in [5.74, 6) is 2.93. The van der Waals surface area contributed by atoms with Gasteiger partial charge in [0.05, 0.1) is 6.54 Å². The third kappa shape index (κ3) is 10.6. The summed E-state index contributed by atoms with van der Waals surface area (Å²) in [7, 11) is 0. The van der Waals surface area contributed by atoms with Crippen LogP contribution in [-0.4, -0.2) is 37.1 Å². The standard InChI is InChI=1S/C16H25N3S.HI/c1-3-13-20-14-12-19-16(17-4-2)18-11-10-15-8-6-5-7-9-15;/h3,5-9H,1,4,10-14H2,2H3,(H2,17,18,19);1H. The average Bonchev–Trinajstić information content (AvgIpc) is 2.48. The van der Waals surface area contributed by atoms with Crippen molar-refractivity contribution in [3.05, 3.63) is 48.6 Å². The van der Waals surface area contributed by atoms with Gasteiger partial charge in [-0.1, -0.05) is 36.4 Å². The van der Waals surface area contributed by atoms with E-state index in [1.165, 1.54) is 5.56 Å².